The monoisotopic (exact) mass is 334 g/mol. The Morgan fingerprint density at radius 3 is 3.00 bits per heavy atom. The van der Waals surface area contributed by atoms with Gasteiger partial charge in [-0.15, -0.1) is 0 Å². The van der Waals surface area contributed by atoms with Gasteiger partial charge in [0, 0.05) is 0 Å². The van der Waals surface area contributed by atoms with Gasteiger partial charge in [0.2, 0.25) is 0 Å². The van der Waals surface area contributed by atoms with E-state index in [4.69, 9.17) is 11.6 Å². The maximum absolute atomic E-state index is 6.01. The summed E-state index contributed by atoms with van der Waals surface area (Å²) in [6, 6.07) is 1.86. The molecule has 1 aliphatic rings. The molecule has 5 heteroatoms. The van der Waals surface area contributed by atoms with Gasteiger partial charge in [-0.1, -0.05) is 0 Å². The number of pyridine rings is 1. The topological polar surface area (TPSA) is 30.7 Å². The zero-order valence-corrected chi connectivity index (χ0v) is 11.4. The molecule has 0 spiro atoms. The van der Waals surface area contributed by atoms with Gasteiger partial charge in [-0.3, -0.25) is 0 Å². The summed E-state index contributed by atoms with van der Waals surface area (Å²) >= 11 is 6.36. The van der Waals surface area contributed by atoms with E-state index in [1.807, 2.05) is 17.8 Å². The zero-order chi connectivity index (χ0) is 10.6. The standard InChI is InChI=1S/C10H10ClIN3/c1-5-9-7(14-15(5)2)3-8(11)13-10(9)6-4-12-6/h3,6H,4H2,1-2H3/q-1. The van der Waals surface area contributed by atoms with E-state index < -0.39 is 0 Å². The number of rotatable bonds is 1. The van der Waals surface area contributed by atoms with E-state index >= 15 is 0 Å². The normalized spacial score (nSPS) is 20.3. The molecule has 1 saturated heterocycles. The van der Waals surface area contributed by atoms with Crippen molar-refractivity contribution in [2.75, 3.05) is 4.43 Å². The molecule has 80 valence electrons. The van der Waals surface area contributed by atoms with Crippen molar-refractivity contribution in [1.29, 1.82) is 0 Å². The fraction of sp³-hybridized carbons (Fsp3) is 0.400. The summed E-state index contributed by atoms with van der Waals surface area (Å²) in [5.41, 5.74) is 3.37. The predicted molar refractivity (Wildman–Crippen MR) is 55.9 cm³/mol. The van der Waals surface area contributed by atoms with Gasteiger partial charge < -0.3 is 0 Å². The first-order chi connectivity index (χ1) is 7.16. The fourth-order valence-corrected chi connectivity index (χ4v) is 3.52. The Labute approximate surface area is 103 Å². The number of nitrogens with zero attached hydrogens (tertiary/aromatic N) is 3. The Morgan fingerprint density at radius 2 is 2.33 bits per heavy atom. The number of aryl methyl sites for hydroxylation is 2. The van der Waals surface area contributed by atoms with Crippen LogP contribution in [0, 0.1) is 6.92 Å². The van der Waals surface area contributed by atoms with Crippen LogP contribution in [0.25, 0.3) is 10.9 Å². The molecule has 1 aliphatic heterocycles. The van der Waals surface area contributed by atoms with Crippen molar-refractivity contribution in [3.8, 4) is 0 Å². The SMILES string of the molecule is Cc1c2c(C3C[I-]3)nc(Cl)cc2nn1C. The van der Waals surface area contributed by atoms with Crippen molar-refractivity contribution >= 4 is 22.5 Å². The average molecular weight is 335 g/mol. The van der Waals surface area contributed by atoms with Crippen molar-refractivity contribution in [2.45, 2.75) is 10.8 Å². The van der Waals surface area contributed by atoms with E-state index in [0.717, 1.165) is 5.52 Å². The van der Waals surface area contributed by atoms with Crippen LogP contribution in [0.15, 0.2) is 6.07 Å². The van der Waals surface area contributed by atoms with Crippen LogP contribution in [0.2, 0.25) is 5.15 Å². The van der Waals surface area contributed by atoms with E-state index in [0.29, 0.717) is 30.3 Å². The molecule has 1 fully saturated rings. The average Bonchev–Trinajstić information content (AvgIpc) is 2.95. The molecule has 0 amide bonds. The molecule has 15 heavy (non-hydrogen) atoms. The van der Waals surface area contributed by atoms with E-state index in [1.54, 1.807) is 0 Å². The van der Waals surface area contributed by atoms with Gasteiger partial charge in [0.25, 0.3) is 0 Å². The first-order valence-electron chi connectivity index (χ1n) is 4.74. The summed E-state index contributed by atoms with van der Waals surface area (Å²) in [5.74, 6) is 0. The van der Waals surface area contributed by atoms with Crippen LogP contribution in [0.3, 0.4) is 0 Å². The molecule has 0 bridgehead atoms. The summed E-state index contributed by atoms with van der Waals surface area (Å²) in [7, 11) is 1.97. The molecule has 1 unspecified atom stereocenters. The summed E-state index contributed by atoms with van der Waals surface area (Å²) in [4.78, 5) is 4.48. The number of aromatic nitrogens is 3. The van der Waals surface area contributed by atoms with Gasteiger partial charge in [-0.2, -0.15) is 0 Å². The van der Waals surface area contributed by atoms with Crippen molar-refractivity contribution < 1.29 is 21.2 Å². The van der Waals surface area contributed by atoms with Crippen LogP contribution in [-0.2, 0) is 7.05 Å². The van der Waals surface area contributed by atoms with Crippen LogP contribution in [-0.4, -0.2) is 19.2 Å². The van der Waals surface area contributed by atoms with E-state index in [2.05, 4.69) is 17.0 Å². The summed E-state index contributed by atoms with van der Waals surface area (Å²) in [6.07, 6.45) is 0. The Morgan fingerprint density at radius 1 is 1.60 bits per heavy atom. The Balaban J connectivity index is 2.39. The molecule has 0 aromatic carbocycles. The fourth-order valence-electron chi connectivity index (χ4n) is 1.78. The molecular weight excluding hydrogens is 324 g/mol. The quantitative estimate of drug-likeness (QED) is 0.383. The number of fused-ring (bicyclic) bond motifs is 1. The van der Waals surface area contributed by atoms with Crippen molar-refractivity contribution in [3.63, 3.8) is 0 Å². The summed E-state index contributed by atoms with van der Waals surface area (Å²) in [5, 5.41) is 6.25. The molecule has 0 radical (unpaired) electrons. The van der Waals surface area contributed by atoms with Crippen molar-refractivity contribution in [3.05, 3.63) is 22.6 Å². The molecule has 2 aromatic rings. The second-order valence-electron chi connectivity index (χ2n) is 3.71. The first kappa shape index (κ1) is 9.84. The molecule has 2 aromatic heterocycles. The number of hydrogen-bond donors (Lipinski definition) is 0. The van der Waals surface area contributed by atoms with Gasteiger partial charge in [0.15, 0.2) is 0 Å². The molecule has 3 nitrogen and oxygen atoms in total. The maximum atomic E-state index is 6.01. The Bertz CT molecular complexity index is 545. The molecule has 0 saturated carbocycles. The van der Waals surface area contributed by atoms with Crippen LogP contribution >= 0.6 is 11.6 Å². The molecule has 1 atom stereocenters. The van der Waals surface area contributed by atoms with Crippen LogP contribution < -0.4 is 21.2 Å². The molecule has 3 rings (SSSR count). The number of hydrogen-bond acceptors (Lipinski definition) is 2. The molecule has 0 N–H and O–H groups in total. The van der Waals surface area contributed by atoms with Gasteiger partial charge >= 0.3 is 103 Å². The Kier molecular flexibility index (Phi) is 2.17. The van der Waals surface area contributed by atoms with Crippen molar-refractivity contribution in [1.82, 2.24) is 14.8 Å². The summed E-state index contributed by atoms with van der Waals surface area (Å²) in [6.45, 7) is 2.09. The third-order valence-electron chi connectivity index (χ3n) is 2.71. The molecular formula is C10H10ClIN3-. The van der Waals surface area contributed by atoms with Crippen LogP contribution in [0.4, 0.5) is 0 Å². The van der Waals surface area contributed by atoms with Gasteiger partial charge in [0.05, 0.1) is 0 Å². The van der Waals surface area contributed by atoms with Gasteiger partial charge in [-0.05, 0) is 0 Å². The minimum absolute atomic E-state index is 0.346. The van der Waals surface area contributed by atoms with E-state index in [1.165, 1.54) is 21.2 Å². The van der Waals surface area contributed by atoms with Crippen LogP contribution in [0.1, 0.15) is 15.3 Å². The second-order valence-corrected chi connectivity index (χ2v) is 7.36. The van der Waals surface area contributed by atoms with Crippen LogP contribution in [0.5, 0.6) is 0 Å². The van der Waals surface area contributed by atoms with E-state index in [-0.39, 0.29) is 0 Å². The van der Waals surface area contributed by atoms with Gasteiger partial charge in [0.1, 0.15) is 0 Å². The molecule has 0 aliphatic carbocycles. The number of alkyl halides is 2. The third kappa shape index (κ3) is 1.54. The third-order valence-corrected chi connectivity index (χ3v) is 5.25. The van der Waals surface area contributed by atoms with Gasteiger partial charge in [-0.25, -0.2) is 0 Å². The second kappa shape index (κ2) is 3.31. The number of halogens is 2. The Hall–Kier alpha value is -0.360. The minimum atomic E-state index is 0.346. The predicted octanol–water partition coefficient (Wildman–Crippen LogP) is -0.926. The van der Waals surface area contributed by atoms with Crippen molar-refractivity contribution in [2.24, 2.45) is 7.05 Å². The van der Waals surface area contributed by atoms with E-state index in [9.17, 15) is 0 Å². The zero-order valence-electron chi connectivity index (χ0n) is 8.46. The summed E-state index contributed by atoms with van der Waals surface area (Å²) < 4.78 is 3.97. The first-order valence-corrected chi connectivity index (χ1v) is 7.89. The molecule has 3 heterocycles.